The van der Waals surface area contributed by atoms with Gasteiger partial charge in [0.05, 0.1) is 23.5 Å². The summed E-state index contributed by atoms with van der Waals surface area (Å²) in [5.41, 5.74) is 1.90. The second-order valence-electron chi connectivity index (χ2n) is 3.47. The van der Waals surface area contributed by atoms with Crippen molar-refractivity contribution in [2.45, 2.75) is 6.54 Å². The molecule has 5 nitrogen and oxygen atoms in total. The fourth-order valence-electron chi connectivity index (χ4n) is 1.44. The zero-order valence-electron chi connectivity index (χ0n) is 9.20. The average Bonchev–Trinajstić information content (AvgIpc) is 2.83. The van der Waals surface area contributed by atoms with Crippen molar-refractivity contribution in [2.24, 2.45) is 0 Å². The fraction of sp³-hybridized carbons (Fsp3) is 0.182. The highest BCUT2D eigenvalue weighted by Gasteiger charge is 2.08. The van der Waals surface area contributed by atoms with E-state index in [4.69, 9.17) is 4.74 Å². The lowest BCUT2D eigenvalue weighted by molar-refractivity contribution is 0.371. The Morgan fingerprint density at radius 1 is 1.53 bits per heavy atom. The molecular formula is C11H12BrN3O2. The minimum Gasteiger partial charge on any atom is -0.503 e. The number of H-pyrrole nitrogens is 1. The van der Waals surface area contributed by atoms with Crippen molar-refractivity contribution in [3.05, 3.63) is 34.6 Å². The van der Waals surface area contributed by atoms with Crippen LogP contribution < -0.4 is 10.1 Å². The molecule has 0 aliphatic heterocycles. The molecule has 17 heavy (non-hydrogen) atoms. The summed E-state index contributed by atoms with van der Waals surface area (Å²) in [6.07, 6.45) is 3.47. The second kappa shape index (κ2) is 5.09. The molecule has 1 heterocycles. The van der Waals surface area contributed by atoms with Crippen LogP contribution in [0.4, 0.5) is 5.69 Å². The van der Waals surface area contributed by atoms with Gasteiger partial charge in [-0.25, -0.2) is 0 Å². The van der Waals surface area contributed by atoms with Crippen molar-refractivity contribution >= 4 is 21.6 Å². The average molecular weight is 298 g/mol. The van der Waals surface area contributed by atoms with E-state index in [9.17, 15) is 5.11 Å². The van der Waals surface area contributed by atoms with Crippen LogP contribution in [0.5, 0.6) is 11.5 Å². The molecule has 2 aromatic rings. The Labute approximate surface area is 107 Å². The number of methoxy groups -OCH3 is 1. The van der Waals surface area contributed by atoms with Crippen molar-refractivity contribution < 1.29 is 9.84 Å². The lowest BCUT2D eigenvalue weighted by Crippen LogP contribution is -1.99. The quantitative estimate of drug-likeness (QED) is 0.811. The number of phenolic OH excluding ortho intramolecular Hbond substituents is 1. The number of anilines is 1. The monoisotopic (exact) mass is 297 g/mol. The summed E-state index contributed by atoms with van der Waals surface area (Å²) in [5, 5.41) is 19.4. The summed E-state index contributed by atoms with van der Waals surface area (Å²) in [6.45, 7) is 0.620. The molecule has 0 spiro atoms. The molecule has 0 radical (unpaired) electrons. The largest absolute Gasteiger partial charge is 0.503 e. The molecule has 6 heteroatoms. The van der Waals surface area contributed by atoms with Gasteiger partial charge in [0, 0.05) is 12.7 Å². The number of halogens is 1. The van der Waals surface area contributed by atoms with E-state index in [1.54, 1.807) is 18.5 Å². The van der Waals surface area contributed by atoms with Crippen LogP contribution in [-0.2, 0) is 6.54 Å². The molecule has 0 saturated carbocycles. The van der Waals surface area contributed by atoms with Crippen molar-refractivity contribution in [1.82, 2.24) is 10.2 Å². The Kier molecular flexibility index (Phi) is 3.53. The van der Waals surface area contributed by atoms with Gasteiger partial charge < -0.3 is 15.2 Å². The Balaban J connectivity index is 2.13. The van der Waals surface area contributed by atoms with Gasteiger partial charge in [-0.3, -0.25) is 5.10 Å². The van der Waals surface area contributed by atoms with E-state index in [2.05, 4.69) is 31.4 Å². The number of rotatable bonds is 4. The third kappa shape index (κ3) is 2.71. The highest BCUT2D eigenvalue weighted by molar-refractivity contribution is 9.10. The van der Waals surface area contributed by atoms with Gasteiger partial charge in [-0.1, -0.05) is 0 Å². The first kappa shape index (κ1) is 11.8. The lowest BCUT2D eigenvalue weighted by atomic mass is 10.2. The zero-order valence-corrected chi connectivity index (χ0v) is 10.8. The number of aromatic hydroxyl groups is 1. The van der Waals surface area contributed by atoms with Gasteiger partial charge in [-0.05, 0) is 33.6 Å². The predicted molar refractivity (Wildman–Crippen MR) is 68.3 cm³/mol. The third-order valence-corrected chi connectivity index (χ3v) is 2.91. The molecule has 0 fully saturated rings. The SMILES string of the molecule is COc1cc(CNc2cn[nH]c2)cc(Br)c1O. The molecule has 0 unspecified atom stereocenters. The Hall–Kier alpha value is -1.69. The molecule has 0 aliphatic rings. The number of aromatic amines is 1. The van der Waals surface area contributed by atoms with Gasteiger partial charge in [-0.2, -0.15) is 5.10 Å². The Morgan fingerprint density at radius 3 is 3.00 bits per heavy atom. The van der Waals surface area contributed by atoms with Crippen LogP contribution >= 0.6 is 15.9 Å². The Morgan fingerprint density at radius 2 is 2.35 bits per heavy atom. The molecule has 1 aromatic heterocycles. The zero-order chi connectivity index (χ0) is 12.3. The summed E-state index contributed by atoms with van der Waals surface area (Å²) in [5.74, 6) is 0.558. The molecule has 0 aliphatic carbocycles. The van der Waals surface area contributed by atoms with Crippen molar-refractivity contribution in [3.63, 3.8) is 0 Å². The van der Waals surface area contributed by atoms with Crippen LogP contribution in [-0.4, -0.2) is 22.4 Å². The van der Waals surface area contributed by atoms with E-state index in [0.717, 1.165) is 11.3 Å². The van der Waals surface area contributed by atoms with Gasteiger partial charge in [0.1, 0.15) is 0 Å². The van der Waals surface area contributed by atoms with E-state index in [1.165, 1.54) is 7.11 Å². The van der Waals surface area contributed by atoms with E-state index in [0.29, 0.717) is 16.8 Å². The van der Waals surface area contributed by atoms with Gasteiger partial charge >= 0.3 is 0 Å². The Bertz CT molecular complexity index is 500. The smallest absolute Gasteiger partial charge is 0.172 e. The number of benzene rings is 1. The molecule has 0 bridgehead atoms. The summed E-state index contributed by atoms with van der Waals surface area (Å²) in [7, 11) is 1.52. The van der Waals surface area contributed by atoms with Crippen LogP contribution in [0.25, 0.3) is 0 Å². The third-order valence-electron chi connectivity index (χ3n) is 2.30. The first-order chi connectivity index (χ1) is 8.20. The maximum Gasteiger partial charge on any atom is 0.172 e. The minimum atomic E-state index is 0.111. The normalized spacial score (nSPS) is 10.2. The van der Waals surface area contributed by atoms with E-state index in [-0.39, 0.29) is 5.75 Å². The van der Waals surface area contributed by atoms with Crippen LogP contribution in [0.2, 0.25) is 0 Å². The number of aromatic nitrogens is 2. The summed E-state index contributed by atoms with van der Waals surface area (Å²) >= 11 is 3.28. The van der Waals surface area contributed by atoms with Crippen molar-refractivity contribution in [2.75, 3.05) is 12.4 Å². The summed E-state index contributed by atoms with van der Waals surface area (Å²) in [6, 6.07) is 3.62. The predicted octanol–water partition coefficient (Wildman–Crippen LogP) is 2.50. The molecular weight excluding hydrogens is 286 g/mol. The van der Waals surface area contributed by atoms with Crippen LogP contribution in [0.3, 0.4) is 0 Å². The van der Waals surface area contributed by atoms with E-state index >= 15 is 0 Å². The molecule has 3 N–H and O–H groups in total. The maximum atomic E-state index is 9.67. The number of hydrogen-bond donors (Lipinski definition) is 3. The number of phenols is 1. The van der Waals surface area contributed by atoms with Crippen LogP contribution in [0.15, 0.2) is 29.0 Å². The van der Waals surface area contributed by atoms with Gasteiger partial charge in [0.15, 0.2) is 11.5 Å². The number of hydrogen-bond acceptors (Lipinski definition) is 4. The number of ether oxygens (including phenoxy) is 1. The topological polar surface area (TPSA) is 70.2 Å². The fourth-order valence-corrected chi connectivity index (χ4v) is 1.93. The first-order valence-corrected chi connectivity index (χ1v) is 5.78. The summed E-state index contributed by atoms with van der Waals surface area (Å²) in [4.78, 5) is 0. The van der Waals surface area contributed by atoms with Crippen LogP contribution in [0, 0.1) is 0 Å². The molecule has 2 rings (SSSR count). The molecule has 0 saturated heterocycles. The van der Waals surface area contributed by atoms with Gasteiger partial charge in [0.25, 0.3) is 0 Å². The first-order valence-electron chi connectivity index (χ1n) is 4.98. The molecule has 0 amide bonds. The van der Waals surface area contributed by atoms with Crippen LogP contribution in [0.1, 0.15) is 5.56 Å². The van der Waals surface area contributed by atoms with Crippen molar-refractivity contribution in [3.8, 4) is 11.5 Å². The molecule has 1 aromatic carbocycles. The number of nitrogens with zero attached hydrogens (tertiary/aromatic N) is 1. The van der Waals surface area contributed by atoms with Crippen molar-refractivity contribution in [1.29, 1.82) is 0 Å². The van der Waals surface area contributed by atoms with E-state index in [1.807, 2.05) is 6.07 Å². The second-order valence-corrected chi connectivity index (χ2v) is 4.32. The summed E-state index contributed by atoms with van der Waals surface area (Å²) < 4.78 is 5.69. The molecule has 0 atom stereocenters. The van der Waals surface area contributed by atoms with Gasteiger partial charge in [-0.15, -0.1) is 0 Å². The number of nitrogens with one attached hydrogen (secondary N) is 2. The molecule has 90 valence electrons. The highest BCUT2D eigenvalue weighted by atomic mass is 79.9. The highest BCUT2D eigenvalue weighted by Crippen LogP contribution is 2.35. The standard InChI is InChI=1S/C11H12BrN3O2/c1-17-10-3-7(2-9(12)11(10)16)4-13-8-5-14-15-6-8/h2-3,5-6,13,16H,4H2,1H3,(H,14,15). The van der Waals surface area contributed by atoms with Gasteiger partial charge in [0.2, 0.25) is 0 Å². The lowest BCUT2D eigenvalue weighted by Gasteiger charge is -2.09. The minimum absolute atomic E-state index is 0.111. The van der Waals surface area contributed by atoms with E-state index < -0.39 is 0 Å². The maximum absolute atomic E-state index is 9.67.